The molecule has 1 unspecified atom stereocenters. The molecule has 0 bridgehead atoms. The predicted octanol–water partition coefficient (Wildman–Crippen LogP) is 2.61. The maximum absolute atomic E-state index is 13.2. The van der Waals surface area contributed by atoms with Gasteiger partial charge in [0.2, 0.25) is 0 Å². The first-order chi connectivity index (χ1) is 7.34. The summed E-state index contributed by atoms with van der Waals surface area (Å²) in [5, 5.41) is 3.37. The van der Waals surface area contributed by atoms with E-state index in [0.717, 1.165) is 30.9 Å². The Morgan fingerprint density at radius 1 is 1.33 bits per heavy atom. The summed E-state index contributed by atoms with van der Waals surface area (Å²) in [6, 6.07) is 5.65. The van der Waals surface area contributed by atoms with Crippen molar-refractivity contribution in [3.05, 3.63) is 24.0 Å². The van der Waals surface area contributed by atoms with Gasteiger partial charge < -0.3 is 10.2 Å². The Balaban J connectivity index is 2.06. The zero-order chi connectivity index (χ0) is 10.3. The van der Waals surface area contributed by atoms with Crippen molar-refractivity contribution in [3.8, 4) is 0 Å². The lowest BCUT2D eigenvalue weighted by Crippen LogP contribution is -2.28. The van der Waals surface area contributed by atoms with Crippen molar-refractivity contribution in [2.75, 3.05) is 23.3 Å². The first kappa shape index (κ1) is 9.01. The lowest BCUT2D eigenvalue weighted by atomic mass is 10.1. The Bertz CT molecular complexity index is 378. The number of anilines is 2. The van der Waals surface area contributed by atoms with Gasteiger partial charge >= 0.3 is 0 Å². The Morgan fingerprint density at radius 2 is 2.27 bits per heavy atom. The van der Waals surface area contributed by atoms with Gasteiger partial charge in [-0.15, -0.1) is 0 Å². The summed E-state index contributed by atoms with van der Waals surface area (Å²) in [4.78, 5) is 2.36. The van der Waals surface area contributed by atoms with Crippen LogP contribution in [0.2, 0.25) is 0 Å². The van der Waals surface area contributed by atoms with E-state index in [1.165, 1.54) is 18.9 Å². The molecule has 2 heterocycles. The van der Waals surface area contributed by atoms with Crippen LogP contribution >= 0.6 is 0 Å². The van der Waals surface area contributed by atoms with Gasteiger partial charge in [-0.1, -0.05) is 0 Å². The number of fused-ring (bicyclic) bond motifs is 3. The smallest absolute Gasteiger partial charge is 0.125 e. The average molecular weight is 206 g/mol. The van der Waals surface area contributed by atoms with Crippen molar-refractivity contribution < 1.29 is 4.39 Å². The van der Waals surface area contributed by atoms with E-state index in [2.05, 4.69) is 10.2 Å². The third-order valence-electron chi connectivity index (χ3n) is 3.44. The average Bonchev–Trinajstić information content (AvgIpc) is 2.62. The van der Waals surface area contributed by atoms with Gasteiger partial charge in [-0.2, -0.15) is 0 Å². The van der Waals surface area contributed by atoms with Gasteiger partial charge in [0.05, 0.1) is 11.4 Å². The fourth-order valence-corrected chi connectivity index (χ4v) is 2.72. The van der Waals surface area contributed by atoms with Crippen LogP contribution in [0.15, 0.2) is 18.2 Å². The van der Waals surface area contributed by atoms with Gasteiger partial charge in [-0.3, -0.25) is 0 Å². The minimum atomic E-state index is -0.136. The van der Waals surface area contributed by atoms with Gasteiger partial charge in [0.15, 0.2) is 0 Å². The molecule has 1 atom stereocenters. The molecule has 0 saturated carbocycles. The number of benzene rings is 1. The lowest BCUT2D eigenvalue weighted by molar-refractivity contribution is 0.621. The van der Waals surface area contributed by atoms with Crippen LogP contribution in [0.4, 0.5) is 15.8 Å². The fraction of sp³-hybridized carbons (Fsp3) is 0.500. The molecule has 1 aromatic rings. The van der Waals surface area contributed by atoms with Crippen molar-refractivity contribution in [3.63, 3.8) is 0 Å². The zero-order valence-corrected chi connectivity index (χ0v) is 8.67. The number of hydrogen-bond acceptors (Lipinski definition) is 2. The molecule has 2 nitrogen and oxygen atoms in total. The minimum Gasteiger partial charge on any atom is -0.383 e. The maximum Gasteiger partial charge on any atom is 0.125 e. The van der Waals surface area contributed by atoms with E-state index in [1.807, 2.05) is 6.07 Å². The van der Waals surface area contributed by atoms with E-state index < -0.39 is 0 Å². The van der Waals surface area contributed by atoms with E-state index in [1.54, 1.807) is 6.07 Å². The summed E-state index contributed by atoms with van der Waals surface area (Å²) in [6.45, 7) is 2.07. The first-order valence-electron chi connectivity index (χ1n) is 5.65. The number of rotatable bonds is 0. The van der Waals surface area contributed by atoms with Crippen LogP contribution in [0.1, 0.15) is 19.3 Å². The summed E-state index contributed by atoms with van der Waals surface area (Å²) in [6.07, 6.45) is 3.65. The van der Waals surface area contributed by atoms with E-state index >= 15 is 0 Å². The number of nitrogens with zero attached hydrogens (tertiary/aromatic N) is 1. The molecule has 0 radical (unpaired) electrons. The molecule has 2 aliphatic rings. The van der Waals surface area contributed by atoms with Crippen LogP contribution in [-0.4, -0.2) is 19.1 Å². The highest BCUT2D eigenvalue weighted by Crippen LogP contribution is 2.35. The summed E-state index contributed by atoms with van der Waals surface area (Å²) >= 11 is 0. The molecule has 80 valence electrons. The van der Waals surface area contributed by atoms with E-state index in [4.69, 9.17) is 0 Å². The van der Waals surface area contributed by atoms with E-state index in [9.17, 15) is 4.39 Å². The SMILES string of the molecule is Fc1ccc2c(c1)N1CCCC1CCN2. The van der Waals surface area contributed by atoms with Gasteiger partial charge in [0.1, 0.15) is 5.82 Å². The van der Waals surface area contributed by atoms with Crippen molar-refractivity contribution in [1.29, 1.82) is 0 Å². The monoisotopic (exact) mass is 206 g/mol. The third-order valence-corrected chi connectivity index (χ3v) is 3.44. The topological polar surface area (TPSA) is 15.3 Å². The molecule has 0 aliphatic carbocycles. The van der Waals surface area contributed by atoms with Crippen LogP contribution in [0.5, 0.6) is 0 Å². The van der Waals surface area contributed by atoms with E-state index in [0.29, 0.717) is 6.04 Å². The normalized spacial score (nSPS) is 24.1. The molecule has 1 saturated heterocycles. The largest absolute Gasteiger partial charge is 0.383 e. The molecule has 1 fully saturated rings. The summed E-state index contributed by atoms with van der Waals surface area (Å²) in [5.74, 6) is -0.136. The van der Waals surface area contributed by atoms with Crippen LogP contribution in [0.3, 0.4) is 0 Å². The van der Waals surface area contributed by atoms with Gasteiger partial charge in [-0.05, 0) is 37.5 Å². The highest BCUT2D eigenvalue weighted by molar-refractivity contribution is 5.71. The highest BCUT2D eigenvalue weighted by Gasteiger charge is 2.28. The second-order valence-corrected chi connectivity index (χ2v) is 4.37. The summed E-state index contributed by atoms with van der Waals surface area (Å²) in [7, 11) is 0. The standard InChI is InChI=1S/C12H15FN2/c13-9-3-4-11-12(8-9)15-7-1-2-10(15)5-6-14-11/h3-4,8,10,14H,1-2,5-7H2. The fourth-order valence-electron chi connectivity index (χ4n) is 2.72. The second-order valence-electron chi connectivity index (χ2n) is 4.37. The van der Waals surface area contributed by atoms with Crippen LogP contribution in [0, 0.1) is 5.82 Å². The predicted molar refractivity (Wildman–Crippen MR) is 59.9 cm³/mol. The number of nitrogens with one attached hydrogen (secondary N) is 1. The molecule has 1 N–H and O–H groups in total. The molecular weight excluding hydrogens is 191 g/mol. The Labute approximate surface area is 89.1 Å². The highest BCUT2D eigenvalue weighted by atomic mass is 19.1. The molecule has 0 spiro atoms. The molecule has 3 heteroatoms. The molecule has 1 aromatic carbocycles. The molecule has 0 amide bonds. The van der Waals surface area contributed by atoms with Gasteiger partial charge in [-0.25, -0.2) is 4.39 Å². The second kappa shape index (κ2) is 3.40. The Hall–Kier alpha value is -1.25. The van der Waals surface area contributed by atoms with Gasteiger partial charge in [0, 0.05) is 19.1 Å². The number of hydrogen-bond donors (Lipinski definition) is 1. The van der Waals surface area contributed by atoms with Crippen LogP contribution < -0.4 is 10.2 Å². The van der Waals surface area contributed by atoms with Crippen molar-refractivity contribution in [1.82, 2.24) is 0 Å². The summed E-state index contributed by atoms with van der Waals surface area (Å²) in [5.41, 5.74) is 2.14. The maximum atomic E-state index is 13.2. The lowest BCUT2D eigenvalue weighted by Gasteiger charge is -2.25. The van der Waals surface area contributed by atoms with Crippen molar-refractivity contribution >= 4 is 11.4 Å². The quantitative estimate of drug-likeness (QED) is 0.702. The third kappa shape index (κ3) is 1.46. The molecule has 3 rings (SSSR count). The zero-order valence-electron chi connectivity index (χ0n) is 8.67. The first-order valence-corrected chi connectivity index (χ1v) is 5.65. The van der Waals surface area contributed by atoms with Gasteiger partial charge in [0.25, 0.3) is 0 Å². The van der Waals surface area contributed by atoms with Crippen molar-refractivity contribution in [2.45, 2.75) is 25.3 Å². The molecule has 15 heavy (non-hydrogen) atoms. The van der Waals surface area contributed by atoms with E-state index in [-0.39, 0.29) is 5.82 Å². The number of halogens is 1. The Kier molecular flexibility index (Phi) is 2.04. The Morgan fingerprint density at radius 3 is 3.20 bits per heavy atom. The van der Waals surface area contributed by atoms with Crippen molar-refractivity contribution in [2.24, 2.45) is 0 Å². The van der Waals surface area contributed by atoms with Crippen LogP contribution in [0.25, 0.3) is 0 Å². The minimum absolute atomic E-state index is 0.136. The summed E-state index contributed by atoms with van der Waals surface area (Å²) < 4.78 is 13.2. The molecule has 0 aromatic heterocycles. The molecule has 2 aliphatic heterocycles. The molecular formula is C12H15FN2. The van der Waals surface area contributed by atoms with Crippen LogP contribution in [-0.2, 0) is 0 Å².